The van der Waals surface area contributed by atoms with Gasteiger partial charge in [0.25, 0.3) is 0 Å². The molecule has 2 saturated heterocycles. The van der Waals surface area contributed by atoms with Crippen LogP contribution in [0.2, 0.25) is 0 Å². The molecular formula is C44H53N7O3S. The van der Waals surface area contributed by atoms with Gasteiger partial charge in [0.05, 0.1) is 34.8 Å². The van der Waals surface area contributed by atoms with Gasteiger partial charge in [0.1, 0.15) is 30.1 Å². The number of nitrogens with zero attached hydrogens (tertiary/aromatic N) is 4. The van der Waals surface area contributed by atoms with E-state index < -0.39 is 0 Å². The topological polar surface area (TPSA) is 125 Å². The van der Waals surface area contributed by atoms with Crippen LogP contribution in [0.1, 0.15) is 71.0 Å². The highest BCUT2D eigenvalue weighted by atomic mass is 32.2. The number of nitrogens with one attached hydrogen (secondary N) is 2. The normalized spacial score (nSPS) is 16.8. The minimum atomic E-state index is -0.310. The highest BCUT2D eigenvalue weighted by molar-refractivity contribution is 7.99. The molecule has 0 saturated carbocycles. The summed E-state index contributed by atoms with van der Waals surface area (Å²) in [5, 5.41) is 0. The minimum Gasteiger partial charge on any atom is -0.365 e. The molecule has 4 aromatic carbocycles. The maximum Gasteiger partial charge on any atom is 0.150 e. The van der Waals surface area contributed by atoms with E-state index in [1.807, 2.05) is 78.5 Å². The number of aromatic nitrogens is 4. The van der Waals surface area contributed by atoms with Crippen LogP contribution < -0.4 is 5.73 Å². The zero-order valence-corrected chi connectivity index (χ0v) is 32.7. The van der Waals surface area contributed by atoms with Gasteiger partial charge in [-0.05, 0) is 106 Å². The first-order valence-corrected chi connectivity index (χ1v) is 20.5. The molecule has 10 nitrogen and oxygen atoms in total. The second kappa shape index (κ2) is 19.0. The van der Waals surface area contributed by atoms with Gasteiger partial charge >= 0.3 is 0 Å². The summed E-state index contributed by atoms with van der Waals surface area (Å²) >= 11 is 1.88. The van der Waals surface area contributed by atoms with Crippen molar-refractivity contribution in [2.45, 2.75) is 48.9 Å². The van der Waals surface area contributed by atoms with Crippen molar-refractivity contribution in [3.8, 4) is 0 Å². The summed E-state index contributed by atoms with van der Waals surface area (Å²) < 4.78 is 13.0. The van der Waals surface area contributed by atoms with Gasteiger partial charge in [0.2, 0.25) is 0 Å². The summed E-state index contributed by atoms with van der Waals surface area (Å²) in [4.78, 5) is 33.6. The Morgan fingerprint density at radius 2 is 1.44 bits per heavy atom. The highest BCUT2D eigenvalue weighted by Gasteiger charge is 2.28. The first-order chi connectivity index (χ1) is 26.9. The molecule has 8 rings (SSSR count). The fraction of sp³-hybridized carbons (Fsp3) is 0.386. The predicted octanol–water partition coefficient (Wildman–Crippen LogP) is 7.64. The number of piperidine rings is 1. The Hall–Kier alpha value is -4.36. The van der Waals surface area contributed by atoms with Crippen molar-refractivity contribution in [1.82, 2.24) is 29.7 Å². The number of imidazole rings is 2. The van der Waals surface area contributed by atoms with Gasteiger partial charge in [-0.15, -0.1) is 11.8 Å². The number of likely N-dealkylation sites (tertiary alicyclic amines) is 2. The van der Waals surface area contributed by atoms with Gasteiger partial charge in [-0.2, -0.15) is 0 Å². The van der Waals surface area contributed by atoms with Gasteiger partial charge in [0.15, 0.2) is 0 Å². The number of hydrogen-bond donors (Lipinski definition) is 3. The number of thioether (sulfide) groups is 1. The second-order valence-corrected chi connectivity index (χ2v) is 16.0. The average Bonchev–Trinajstić information content (AvgIpc) is 3.84. The van der Waals surface area contributed by atoms with E-state index in [4.69, 9.17) is 25.2 Å². The lowest BCUT2D eigenvalue weighted by Crippen LogP contribution is -2.46. The van der Waals surface area contributed by atoms with E-state index in [2.05, 4.69) is 64.2 Å². The van der Waals surface area contributed by atoms with E-state index in [0.29, 0.717) is 11.5 Å². The van der Waals surface area contributed by atoms with E-state index in [1.54, 1.807) is 0 Å². The van der Waals surface area contributed by atoms with Crippen molar-refractivity contribution in [3.63, 3.8) is 0 Å². The van der Waals surface area contributed by atoms with E-state index >= 15 is 0 Å². The Bertz CT molecular complexity index is 2060. The molecular weight excluding hydrogens is 707 g/mol. The lowest BCUT2D eigenvalue weighted by Gasteiger charge is -2.36. The third-order valence-electron chi connectivity index (χ3n) is 10.3. The van der Waals surface area contributed by atoms with Crippen molar-refractivity contribution in [2.24, 2.45) is 11.7 Å². The number of rotatable bonds is 15. The molecule has 2 aromatic heterocycles. The van der Waals surface area contributed by atoms with Gasteiger partial charge in [0, 0.05) is 42.6 Å². The number of benzene rings is 4. The number of aromatic amines is 2. The SMILES string of the molecule is CN1CC(COC(c2cccc(SCCCCN)c2)c2nc3ccccc3[nH]2)C1.CN1CCC(OC(c2cccc(C=O)c2)c2nc3ccccc3[nH]2)CC1. The van der Waals surface area contributed by atoms with Crippen LogP contribution in [0.25, 0.3) is 22.1 Å². The molecule has 11 heteroatoms. The number of aldehydes is 1. The van der Waals surface area contributed by atoms with E-state index in [1.165, 1.54) is 4.90 Å². The van der Waals surface area contributed by atoms with Crippen LogP contribution in [0.15, 0.2) is 102 Å². The number of nitrogens with two attached hydrogens (primary N) is 1. The number of carbonyl (C=O) groups excluding carboxylic acids is 1. The number of unbranched alkanes of at least 4 members (excludes halogenated alkanes) is 1. The molecule has 2 fully saturated rings. The van der Waals surface area contributed by atoms with Crippen LogP contribution in [0.5, 0.6) is 0 Å². The molecule has 0 bridgehead atoms. The maximum absolute atomic E-state index is 11.2. The summed E-state index contributed by atoms with van der Waals surface area (Å²) in [7, 11) is 4.29. The van der Waals surface area contributed by atoms with Gasteiger partial charge in [-0.1, -0.05) is 54.6 Å². The molecule has 0 radical (unpaired) electrons. The largest absolute Gasteiger partial charge is 0.365 e. The molecule has 6 aromatic rings. The van der Waals surface area contributed by atoms with Gasteiger partial charge in [-0.3, -0.25) is 4.79 Å². The van der Waals surface area contributed by atoms with Gasteiger partial charge < -0.3 is 35.0 Å². The Balaban J connectivity index is 0.000000170. The van der Waals surface area contributed by atoms with Gasteiger partial charge in [-0.25, -0.2) is 9.97 Å². The summed E-state index contributed by atoms with van der Waals surface area (Å²) in [5.74, 6) is 3.35. The quantitative estimate of drug-likeness (QED) is 0.0551. The average molecular weight is 760 g/mol. The highest BCUT2D eigenvalue weighted by Crippen LogP contribution is 2.32. The molecule has 55 heavy (non-hydrogen) atoms. The third-order valence-corrected chi connectivity index (χ3v) is 11.4. The first kappa shape index (κ1) is 38.9. The van der Waals surface area contributed by atoms with Crippen molar-refractivity contribution < 1.29 is 14.3 Å². The third kappa shape index (κ3) is 10.3. The first-order valence-electron chi connectivity index (χ1n) is 19.5. The van der Waals surface area contributed by atoms with Crippen molar-refractivity contribution in [2.75, 3.05) is 59.2 Å². The van der Waals surface area contributed by atoms with E-state index in [-0.39, 0.29) is 18.3 Å². The zero-order valence-electron chi connectivity index (χ0n) is 31.9. The smallest absolute Gasteiger partial charge is 0.150 e. The maximum atomic E-state index is 11.2. The number of ether oxygens (including phenoxy) is 2. The molecule has 0 aliphatic carbocycles. The number of hydrogen-bond acceptors (Lipinski definition) is 9. The van der Waals surface area contributed by atoms with Crippen LogP contribution in [0, 0.1) is 5.92 Å². The summed E-state index contributed by atoms with van der Waals surface area (Å²) in [6.07, 6.45) is 4.78. The van der Waals surface area contributed by atoms with Crippen molar-refractivity contribution >= 4 is 40.1 Å². The molecule has 2 atom stereocenters. The lowest BCUT2D eigenvalue weighted by molar-refractivity contribution is -0.0264. The van der Waals surface area contributed by atoms with E-state index in [0.717, 1.165) is 122 Å². The summed E-state index contributed by atoms with van der Waals surface area (Å²) in [5.41, 5.74) is 12.3. The number of para-hydroxylation sites is 4. The van der Waals surface area contributed by atoms with Crippen molar-refractivity contribution in [1.29, 1.82) is 0 Å². The fourth-order valence-electron chi connectivity index (χ4n) is 7.31. The Morgan fingerprint density at radius 1 is 0.800 bits per heavy atom. The van der Waals surface area contributed by atoms with E-state index in [9.17, 15) is 4.79 Å². The molecule has 4 heterocycles. The van der Waals surface area contributed by atoms with Crippen molar-refractivity contribution in [3.05, 3.63) is 125 Å². The monoisotopic (exact) mass is 759 g/mol. The standard InChI is InChI=1S/C23H30N4OS.C21H23N3O2/c1-27-14-17(15-27)16-28-22(23-25-20-9-2-3-10-21(20)26-23)18-7-6-8-19(13-18)29-12-5-4-11-24;1-24-11-9-17(10-12-24)26-20(16-6-4-5-15(13-16)14-25)21-22-18-7-2-3-8-19(18)23-21/h2-3,6-10,13,17,22H,4-5,11-12,14-16,24H2,1H3,(H,25,26);2-8,13-14,17,20H,9-12H2,1H3,(H,22,23). The molecule has 0 amide bonds. The Labute approximate surface area is 328 Å². The Kier molecular flexibility index (Phi) is 13.4. The predicted molar refractivity (Wildman–Crippen MR) is 222 cm³/mol. The zero-order chi connectivity index (χ0) is 38.0. The van der Waals surface area contributed by atoms with Crippen LogP contribution in [0.4, 0.5) is 0 Å². The molecule has 288 valence electrons. The summed E-state index contributed by atoms with van der Waals surface area (Å²) in [6, 6.07) is 32.4. The summed E-state index contributed by atoms with van der Waals surface area (Å²) in [6.45, 7) is 5.78. The number of carbonyl (C=O) groups is 1. The lowest BCUT2D eigenvalue weighted by atomic mass is 10.0. The molecule has 2 unspecified atom stereocenters. The second-order valence-electron chi connectivity index (χ2n) is 14.8. The van der Waals surface area contributed by atoms with Crippen LogP contribution in [0.3, 0.4) is 0 Å². The Morgan fingerprint density at radius 3 is 2.07 bits per heavy atom. The molecule has 4 N–H and O–H groups in total. The van der Waals surface area contributed by atoms with Crippen LogP contribution in [-0.2, 0) is 9.47 Å². The molecule has 2 aliphatic heterocycles. The molecule has 2 aliphatic rings. The fourth-order valence-corrected chi connectivity index (χ4v) is 8.28. The molecule has 0 spiro atoms. The minimum absolute atomic E-state index is 0.183. The number of fused-ring (bicyclic) bond motifs is 2. The van der Waals surface area contributed by atoms with Crippen LogP contribution in [-0.4, -0.2) is 101 Å². The number of H-pyrrole nitrogens is 2. The van der Waals surface area contributed by atoms with Crippen LogP contribution >= 0.6 is 11.8 Å².